The van der Waals surface area contributed by atoms with Crippen molar-refractivity contribution in [3.63, 3.8) is 0 Å². The first-order valence-electron chi connectivity index (χ1n) is 19.1. The van der Waals surface area contributed by atoms with Crippen LogP contribution in [0.1, 0.15) is 216 Å². The molecule has 0 fully saturated rings. The van der Waals surface area contributed by atoms with Crippen LogP contribution in [0.3, 0.4) is 0 Å². The molecule has 0 unspecified atom stereocenters. The third-order valence-corrected chi connectivity index (χ3v) is 10.1. The van der Waals surface area contributed by atoms with Gasteiger partial charge in [0.25, 0.3) is 10.1 Å². The zero-order valence-corrected chi connectivity index (χ0v) is 29.6. The Kier molecular flexibility index (Phi) is 27.1. The van der Waals surface area contributed by atoms with Gasteiger partial charge in [-0.05, 0) is 12.5 Å². The molecule has 0 spiro atoms. The van der Waals surface area contributed by atoms with Gasteiger partial charge in [0.1, 0.15) is 4.90 Å². The Morgan fingerprint density at radius 2 is 0.750 bits per heavy atom. The number of Topliss-reactive ketones (excluding diaryl/α,β-unsaturated/α-hetero) is 1. The third kappa shape index (κ3) is 24.1. The molecule has 0 atom stereocenters. The Balaban J connectivity index is 1.75. The van der Waals surface area contributed by atoms with E-state index >= 15 is 0 Å². The molecule has 0 heterocycles. The van der Waals surface area contributed by atoms with E-state index in [2.05, 4.69) is 6.92 Å². The second-order valence-corrected chi connectivity index (χ2v) is 14.8. The van der Waals surface area contributed by atoms with Crippen LogP contribution < -0.4 is 0 Å². The summed E-state index contributed by atoms with van der Waals surface area (Å²) < 4.78 is 32.3. The second-order valence-electron chi connectivity index (χ2n) is 13.4. The Morgan fingerprint density at radius 3 is 1.05 bits per heavy atom. The van der Waals surface area contributed by atoms with Gasteiger partial charge in [0.2, 0.25) is 0 Å². The van der Waals surface area contributed by atoms with E-state index in [-0.39, 0.29) is 16.2 Å². The number of carbonyl (C=O) groups excluding carboxylic acids is 1. The van der Waals surface area contributed by atoms with Crippen molar-refractivity contribution < 1.29 is 17.8 Å². The van der Waals surface area contributed by atoms with Crippen LogP contribution in [0, 0.1) is 0 Å². The summed E-state index contributed by atoms with van der Waals surface area (Å²) in [6.07, 6.45) is 41.3. The number of benzene rings is 1. The van der Waals surface area contributed by atoms with Gasteiger partial charge in [0.05, 0.1) is 0 Å². The minimum absolute atomic E-state index is 0.102. The molecular weight excluding hydrogens is 564 g/mol. The summed E-state index contributed by atoms with van der Waals surface area (Å²) in [5.74, 6) is -0.210. The first-order valence-corrected chi connectivity index (χ1v) is 20.5. The topological polar surface area (TPSA) is 71.4 Å². The van der Waals surface area contributed by atoms with Crippen molar-refractivity contribution in [1.29, 1.82) is 0 Å². The van der Waals surface area contributed by atoms with Gasteiger partial charge in [-0.2, -0.15) is 8.42 Å². The van der Waals surface area contributed by atoms with Gasteiger partial charge in [0.15, 0.2) is 5.78 Å². The molecule has 0 amide bonds. The fraction of sp³-hybridized carbons (Fsp3) is 0.821. The molecule has 1 aromatic rings. The maximum atomic E-state index is 12.4. The maximum absolute atomic E-state index is 12.4. The molecule has 1 rings (SSSR count). The first kappa shape index (κ1) is 40.8. The van der Waals surface area contributed by atoms with Crippen molar-refractivity contribution in [2.75, 3.05) is 0 Å². The fourth-order valence-corrected chi connectivity index (χ4v) is 7.08. The fourth-order valence-electron chi connectivity index (χ4n) is 6.37. The standard InChI is InChI=1S/C39H70O4S/c1-2-3-4-5-6-7-8-9-10-11-12-13-14-15-16-17-18-19-20-21-22-23-24-25-26-27-28-29-30-31-35-38(40)37-34-32-33-36-39(37)44(41,42)43/h32-34,36H,2-31,35H2,1H3,(H,41,42,43). The number of hydrogen-bond donors (Lipinski definition) is 1. The Labute approximate surface area is 273 Å². The van der Waals surface area contributed by atoms with Crippen molar-refractivity contribution in [3.05, 3.63) is 29.8 Å². The zero-order valence-electron chi connectivity index (χ0n) is 28.8. The number of hydrogen-bond acceptors (Lipinski definition) is 3. The van der Waals surface area contributed by atoms with Gasteiger partial charge >= 0.3 is 0 Å². The highest BCUT2D eigenvalue weighted by atomic mass is 32.2. The Hall–Kier alpha value is -1.20. The normalized spacial score (nSPS) is 11.8. The van der Waals surface area contributed by atoms with E-state index in [0.717, 1.165) is 19.3 Å². The summed E-state index contributed by atoms with van der Waals surface area (Å²) in [5.41, 5.74) is 0.102. The lowest BCUT2D eigenvalue weighted by atomic mass is 10.0. The van der Waals surface area contributed by atoms with E-state index in [1.54, 1.807) is 6.07 Å². The van der Waals surface area contributed by atoms with Gasteiger partial charge in [-0.25, -0.2) is 0 Å². The maximum Gasteiger partial charge on any atom is 0.295 e. The largest absolute Gasteiger partial charge is 0.295 e. The van der Waals surface area contributed by atoms with Crippen molar-refractivity contribution in [2.24, 2.45) is 0 Å². The summed E-state index contributed by atoms with van der Waals surface area (Å²) in [4.78, 5) is 12.1. The van der Waals surface area contributed by atoms with Gasteiger partial charge in [-0.1, -0.05) is 211 Å². The number of unbranched alkanes of at least 4 members (excludes halogenated alkanes) is 29. The lowest BCUT2D eigenvalue weighted by molar-refractivity contribution is 0.0975. The molecule has 0 saturated heterocycles. The molecule has 0 aliphatic rings. The molecule has 5 heteroatoms. The molecule has 1 N–H and O–H groups in total. The van der Waals surface area contributed by atoms with Gasteiger partial charge in [0, 0.05) is 12.0 Å². The zero-order chi connectivity index (χ0) is 32.0. The number of rotatable bonds is 33. The quantitative estimate of drug-likeness (QED) is 0.0474. The minimum Gasteiger partial charge on any atom is -0.294 e. The average molecular weight is 635 g/mol. The van der Waals surface area contributed by atoms with Crippen molar-refractivity contribution in [2.45, 2.75) is 211 Å². The molecule has 1 aromatic carbocycles. The van der Waals surface area contributed by atoms with Crippen LogP contribution in [-0.4, -0.2) is 18.8 Å². The molecule has 4 nitrogen and oxygen atoms in total. The molecule has 0 aromatic heterocycles. The molecule has 0 radical (unpaired) electrons. The first-order chi connectivity index (χ1) is 21.5. The van der Waals surface area contributed by atoms with Crippen LogP contribution in [0.15, 0.2) is 29.2 Å². The van der Waals surface area contributed by atoms with E-state index < -0.39 is 10.1 Å². The lowest BCUT2D eigenvalue weighted by Gasteiger charge is -2.06. The molecule has 0 bridgehead atoms. The highest BCUT2D eigenvalue weighted by molar-refractivity contribution is 7.86. The van der Waals surface area contributed by atoms with Crippen LogP contribution in [0.4, 0.5) is 0 Å². The SMILES string of the molecule is CCCCCCCCCCCCCCCCCCCCCCCCCCCCCCCCC(=O)c1ccccc1S(=O)(=O)O. The Bertz CT molecular complexity index is 895. The number of ketones is 1. The monoisotopic (exact) mass is 634 g/mol. The number of carbonyl (C=O) groups is 1. The van der Waals surface area contributed by atoms with Crippen LogP contribution in [0.25, 0.3) is 0 Å². The van der Waals surface area contributed by atoms with Crippen LogP contribution in [0.2, 0.25) is 0 Å². The molecular formula is C39H70O4S. The van der Waals surface area contributed by atoms with Gasteiger partial charge < -0.3 is 0 Å². The van der Waals surface area contributed by atoms with Crippen molar-refractivity contribution in [3.8, 4) is 0 Å². The molecule has 256 valence electrons. The summed E-state index contributed by atoms with van der Waals surface area (Å²) >= 11 is 0. The van der Waals surface area contributed by atoms with Crippen LogP contribution in [0.5, 0.6) is 0 Å². The smallest absolute Gasteiger partial charge is 0.294 e. The Morgan fingerprint density at radius 1 is 0.477 bits per heavy atom. The van der Waals surface area contributed by atoms with E-state index in [1.807, 2.05) is 0 Å². The van der Waals surface area contributed by atoms with Crippen LogP contribution in [-0.2, 0) is 10.1 Å². The van der Waals surface area contributed by atoms with Gasteiger partial charge in [-0.15, -0.1) is 0 Å². The van der Waals surface area contributed by atoms with E-state index in [9.17, 15) is 17.8 Å². The van der Waals surface area contributed by atoms with Crippen molar-refractivity contribution >= 4 is 15.9 Å². The molecule has 0 aliphatic carbocycles. The summed E-state index contributed by atoms with van der Waals surface area (Å²) in [5, 5.41) is 0. The summed E-state index contributed by atoms with van der Waals surface area (Å²) in [6.45, 7) is 2.29. The highest BCUT2D eigenvalue weighted by Gasteiger charge is 2.19. The molecule has 0 aliphatic heterocycles. The summed E-state index contributed by atoms with van der Waals surface area (Å²) in [7, 11) is -4.37. The van der Waals surface area contributed by atoms with Crippen molar-refractivity contribution in [1.82, 2.24) is 0 Å². The molecule has 44 heavy (non-hydrogen) atoms. The highest BCUT2D eigenvalue weighted by Crippen LogP contribution is 2.20. The third-order valence-electron chi connectivity index (χ3n) is 9.22. The predicted octanol–water partition coefficient (Wildman–Crippen LogP) is 13.2. The van der Waals surface area contributed by atoms with E-state index in [1.165, 1.54) is 192 Å². The minimum atomic E-state index is -4.37. The molecule has 0 saturated carbocycles. The summed E-state index contributed by atoms with van der Waals surface area (Å²) in [6, 6.07) is 5.91. The average Bonchev–Trinajstić information content (AvgIpc) is 3.01. The van der Waals surface area contributed by atoms with Crippen LogP contribution >= 0.6 is 0 Å². The van der Waals surface area contributed by atoms with E-state index in [4.69, 9.17) is 0 Å². The van der Waals surface area contributed by atoms with E-state index in [0.29, 0.717) is 6.42 Å². The second kappa shape index (κ2) is 29.2. The predicted molar refractivity (Wildman–Crippen MR) is 189 cm³/mol. The van der Waals surface area contributed by atoms with Gasteiger partial charge in [-0.3, -0.25) is 9.35 Å². The lowest BCUT2D eigenvalue weighted by Crippen LogP contribution is -2.08.